The zero-order valence-electron chi connectivity index (χ0n) is 35.8. The van der Waals surface area contributed by atoms with E-state index in [1.807, 2.05) is 0 Å². The van der Waals surface area contributed by atoms with Gasteiger partial charge in [-0.25, -0.2) is 14.4 Å². The third kappa shape index (κ3) is 7.52. The number of fused-ring (bicyclic) bond motifs is 5. The van der Waals surface area contributed by atoms with Gasteiger partial charge in [0.15, 0.2) is 17.5 Å². The quantitative estimate of drug-likeness (QED) is 0.171. The Morgan fingerprint density at radius 2 is 1.55 bits per heavy atom. The Labute approximate surface area is 350 Å². The molecule has 2 aromatic rings. The molecule has 0 spiro atoms. The fourth-order valence-corrected chi connectivity index (χ4v) is 10.1. The van der Waals surface area contributed by atoms with Gasteiger partial charge in [0.25, 0.3) is 0 Å². The van der Waals surface area contributed by atoms with Crippen LogP contribution in [0.3, 0.4) is 0 Å². The first kappa shape index (κ1) is 44.9. The van der Waals surface area contributed by atoms with E-state index in [9.17, 15) is 29.4 Å². The van der Waals surface area contributed by atoms with Gasteiger partial charge in [0, 0.05) is 39.4 Å². The largest absolute Gasteiger partial charge is 0.456 e. The van der Waals surface area contributed by atoms with Crippen molar-refractivity contribution in [3.05, 3.63) is 82.9 Å². The molecular formula is C45H57NO14. The van der Waals surface area contributed by atoms with Crippen LogP contribution in [0.2, 0.25) is 0 Å². The fourth-order valence-electron chi connectivity index (χ4n) is 10.1. The maximum absolute atomic E-state index is 15.5. The Kier molecular flexibility index (Phi) is 12.2. The lowest BCUT2D eigenvalue weighted by Gasteiger charge is -2.67. The van der Waals surface area contributed by atoms with Crippen LogP contribution in [0.1, 0.15) is 90.2 Å². The third-order valence-corrected chi connectivity index (χ3v) is 13.0. The highest BCUT2D eigenvalue weighted by Crippen LogP contribution is 2.64. The van der Waals surface area contributed by atoms with E-state index in [1.54, 1.807) is 109 Å². The molecule has 2 bridgehead atoms. The first-order valence-corrected chi connectivity index (χ1v) is 20.1. The highest BCUT2D eigenvalue weighted by Gasteiger charge is 2.78. The molecule has 8 unspecified atom stereocenters. The number of nitrogens with one attached hydrogen (secondary N) is 1. The standard InChI is InChI=1S/C45H57NO14/c1-24-28(57-39(51)33(48)32(26-17-13-11-14-18-26)46-40(52)60-41(3,4)5)22-45(53)37(58-38(50)27-19-15-12-16-20-27)35-43(8,36(49)34(55-10)31(24)42(45,6)7)29(54-9)21-30-44(35,23-56-30)59-25(2)47/h11-20,28-30,32-35,37,48,53H,21-23H2,1-10H3,(H,46,52)/t28?,29?,30?,32?,33?,34?,35?,37?,43-,44+,45-/m1/s1. The number of esters is 3. The number of carbonyl (C=O) groups excluding carboxylic acids is 5. The molecule has 1 aliphatic heterocycles. The first-order chi connectivity index (χ1) is 28.1. The number of carbonyl (C=O) groups is 5. The van der Waals surface area contributed by atoms with Crippen molar-refractivity contribution in [1.82, 2.24) is 5.32 Å². The predicted molar refractivity (Wildman–Crippen MR) is 213 cm³/mol. The number of amides is 1. The Balaban J connectivity index is 1.52. The lowest BCUT2D eigenvalue weighted by molar-refractivity contribution is -0.347. The van der Waals surface area contributed by atoms with Gasteiger partial charge in [-0.05, 0) is 63.5 Å². The summed E-state index contributed by atoms with van der Waals surface area (Å²) in [6, 6.07) is 15.1. The number of benzene rings is 2. The minimum absolute atomic E-state index is 0.121. The molecule has 0 aromatic heterocycles. The van der Waals surface area contributed by atoms with Gasteiger partial charge in [0.05, 0.1) is 35.6 Å². The van der Waals surface area contributed by atoms with Gasteiger partial charge < -0.3 is 48.7 Å². The minimum atomic E-state index is -2.22. The van der Waals surface area contributed by atoms with Crippen molar-refractivity contribution >= 4 is 29.8 Å². The van der Waals surface area contributed by atoms with Crippen LogP contribution in [0.25, 0.3) is 0 Å². The van der Waals surface area contributed by atoms with Crippen LogP contribution in [0, 0.1) is 16.7 Å². The zero-order valence-corrected chi connectivity index (χ0v) is 35.8. The minimum Gasteiger partial charge on any atom is -0.456 e. The van der Waals surface area contributed by atoms with Gasteiger partial charge in [0.1, 0.15) is 35.6 Å². The maximum Gasteiger partial charge on any atom is 0.408 e. The van der Waals surface area contributed by atoms with Crippen molar-refractivity contribution in [2.45, 2.75) is 128 Å². The van der Waals surface area contributed by atoms with Crippen molar-refractivity contribution < 1.29 is 67.3 Å². The van der Waals surface area contributed by atoms with E-state index in [4.69, 9.17) is 33.2 Å². The average Bonchev–Trinajstić information content (AvgIpc) is 3.18. The number of methoxy groups -OCH3 is 2. The Hall–Kier alpha value is -4.67. The molecule has 15 heteroatoms. The van der Waals surface area contributed by atoms with Crippen molar-refractivity contribution in [2.75, 3.05) is 20.8 Å². The second-order valence-corrected chi connectivity index (χ2v) is 18.0. The number of aliphatic hydroxyl groups excluding tert-OH is 1. The molecule has 11 atom stereocenters. The molecule has 1 heterocycles. The van der Waals surface area contributed by atoms with Gasteiger partial charge in [-0.1, -0.05) is 62.4 Å². The van der Waals surface area contributed by atoms with Crippen LogP contribution >= 0.6 is 0 Å². The van der Waals surface area contributed by atoms with E-state index < -0.39 is 112 Å². The Morgan fingerprint density at radius 3 is 2.08 bits per heavy atom. The second kappa shape index (κ2) is 16.3. The number of rotatable bonds is 10. The Morgan fingerprint density at radius 1 is 0.933 bits per heavy atom. The lowest BCUT2D eigenvalue weighted by atomic mass is 9.44. The molecule has 3 aliphatic carbocycles. The van der Waals surface area contributed by atoms with Crippen LogP contribution < -0.4 is 5.32 Å². The van der Waals surface area contributed by atoms with Gasteiger partial charge in [0.2, 0.25) is 0 Å². The molecule has 1 amide bonds. The highest BCUT2D eigenvalue weighted by molar-refractivity contribution is 5.94. The third-order valence-electron chi connectivity index (χ3n) is 13.0. The number of Topliss-reactive ketones (excluding diaryl/α,β-unsaturated/α-hetero) is 1. The summed E-state index contributed by atoms with van der Waals surface area (Å²) >= 11 is 0. The molecule has 6 rings (SSSR count). The van der Waals surface area contributed by atoms with Crippen LogP contribution in [-0.4, -0.2) is 114 Å². The summed E-state index contributed by atoms with van der Waals surface area (Å²) in [6.45, 7) is 12.7. The first-order valence-electron chi connectivity index (χ1n) is 20.1. The van der Waals surface area contributed by atoms with Crippen molar-refractivity contribution in [1.29, 1.82) is 0 Å². The predicted octanol–water partition coefficient (Wildman–Crippen LogP) is 4.57. The number of hydrogen-bond acceptors (Lipinski definition) is 14. The van der Waals surface area contributed by atoms with Gasteiger partial charge in [-0.3, -0.25) is 9.59 Å². The van der Waals surface area contributed by atoms with E-state index in [0.717, 1.165) is 0 Å². The molecule has 1 saturated heterocycles. The summed E-state index contributed by atoms with van der Waals surface area (Å²) in [5.41, 5.74) is -6.72. The number of hydrogen-bond donors (Lipinski definition) is 3. The zero-order chi connectivity index (χ0) is 44.2. The highest BCUT2D eigenvalue weighted by atomic mass is 16.6. The van der Waals surface area contributed by atoms with E-state index >= 15 is 4.79 Å². The maximum atomic E-state index is 15.5. The van der Waals surface area contributed by atoms with Crippen molar-refractivity contribution in [3.63, 3.8) is 0 Å². The van der Waals surface area contributed by atoms with Crippen LogP contribution in [0.5, 0.6) is 0 Å². The number of alkyl carbamates (subject to hydrolysis) is 1. The Bertz CT molecular complexity index is 2010. The second-order valence-electron chi connectivity index (χ2n) is 18.0. The number of ketones is 1. The monoisotopic (exact) mass is 835 g/mol. The van der Waals surface area contributed by atoms with Crippen molar-refractivity contribution in [3.8, 4) is 0 Å². The molecule has 60 heavy (non-hydrogen) atoms. The van der Waals surface area contributed by atoms with Crippen LogP contribution in [0.4, 0.5) is 4.79 Å². The summed E-state index contributed by atoms with van der Waals surface area (Å²) in [5, 5.41) is 28.0. The molecule has 3 fully saturated rings. The molecule has 4 aliphatic rings. The molecule has 2 saturated carbocycles. The summed E-state index contributed by atoms with van der Waals surface area (Å²) in [7, 11) is 2.78. The topological polar surface area (TPSA) is 202 Å². The van der Waals surface area contributed by atoms with Crippen LogP contribution in [-0.2, 0) is 47.5 Å². The van der Waals surface area contributed by atoms with Gasteiger partial charge in [-0.2, -0.15) is 0 Å². The molecule has 3 N–H and O–H groups in total. The van der Waals surface area contributed by atoms with E-state index in [0.29, 0.717) is 11.1 Å². The summed E-state index contributed by atoms with van der Waals surface area (Å²) in [6.07, 6.45) is -9.31. The normalized spacial score (nSPS) is 33.0. The molecule has 0 radical (unpaired) electrons. The smallest absolute Gasteiger partial charge is 0.408 e. The molecule has 2 aromatic carbocycles. The van der Waals surface area contributed by atoms with Gasteiger partial charge in [-0.15, -0.1) is 0 Å². The van der Waals surface area contributed by atoms with Gasteiger partial charge >= 0.3 is 24.0 Å². The van der Waals surface area contributed by atoms with Crippen LogP contribution in [0.15, 0.2) is 71.8 Å². The van der Waals surface area contributed by atoms with E-state index in [2.05, 4.69) is 5.32 Å². The summed E-state index contributed by atoms with van der Waals surface area (Å²) in [5.74, 6) is -4.52. The van der Waals surface area contributed by atoms with E-state index in [1.165, 1.54) is 21.1 Å². The number of ether oxygens (including phenoxy) is 7. The fraction of sp³-hybridized carbons (Fsp3) is 0.578. The summed E-state index contributed by atoms with van der Waals surface area (Å²) in [4.78, 5) is 70.1. The van der Waals surface area contributed by atoms with Crippen molar-refractivity contribution in [2.24, 2.45) is 16.7 Å². The molecule has 15 nitrogen and oxygen atoms in total. The number of aliphatic hydroxyl groups is 2. The molecule has 326 valence electrons. The molecular weight excluding hydrogens is 778 g/mol. The average molecular weight is 836 g/mol. The SMILES string of the molecule is COC1C(=O)[C@]2(C)C(OC)CC3OC[C@@]3(OC(C)=O)C2C(OC(=O)c2ccccc2)[C@]2(O)CC(OC(=O)C(O)C(NC(=O)OC(C)(C)C)c3ccccc3)C(C)=C1C2(C)C. The summed E-state index contributed by atoms with van der Waals surface area (Å²) < 4.78 is 42.4. The van der Waals surface area contributed by atoms with E-state index in [-0.39, 0.29) is 24.2 Å². The lowest BCUT2D eigenvalue weighted by Crippen LogP contribution is -2.82.